The first kappa shape index (κ1) is 13.9. The molecule has 14 heavy (non-hydrogen) atoms. The molecule has 1 N–H and O–H groups in total. The first-order valence-corrected chi connectivity index (χ1v) is 5.65. The summed E-state index contributed by atoms with van der Waals surface area (Å²) in [5, 5.41) is 3.19. The molecule has 1 unspecified atom stereocenters. The van der Waals surface area contributed by atoms with Crippen LogP contribution in [0.15, 0.2) is 0 Å². The molecule has 0 spiro atoms. The van der Waals surface area contributed by atoms with Gasteiger partial charge in [-0.15, -0.1) is 0 Å². The molecule has 86 valence electrons. The van der Waals surface area contributed by atoms with Crippen molar-refractivity contribution in [3.05, 3.63) is 0 Å². The third kappa shape index (κ3) is 6.35. The van der Waals surface area contributed by atoms with Gasteiger partial charge in [-0.3, -0.25) is 4.90 Å². The highest BCUT2D eigenvalue weighted by atomic mass is 15.2. The minimum absolute atomic E-state index is 0.659. The van der Waals surface area contributed by atoms with Crippen molar-refractivity contribution in [1.29, 1.82) is 0 Å². The first-order valence-electron chi connectivity index (χ1n) is 5.65. The lowest BCUT2D eigenvalue weighted by Gasteiger charge is -2.29. The van der Waals surface area contributed by atoms with Crippen LogP contribution in [-0.2, 0) is 0 Å². The Morgan fingerprint density at radius 2 is 1.93 bits per heavy atom. The van der Waals surface area contributed by atoms with Gasteiger partial charge < -0.3 is 10.2 Å². The highest BCUT2D eigenvalue weighted by molar-refractivity contribution is 4.68. The van der Waals surface area contributed by atoms with Gasteiger partial charge in [0, 0.05) is 12.6 Å². The van der Waals surface area contributed by atoms with Crippen molar-refractivity contribution in [2.24, 2.45) is 0 Å². The van der Waals surface area contributed by atoms with Gasteiger partial charge in [0.25, 0.3) is 0 Å². The second-order valence-electron chi connectivity index (χ2n) is 4.20. The second-order valence-corrected chi connectivity index (χ2v) is 4.20. The Morgan fingerprint density at radius 1 is 1.29 bits per heavy atom. The number of nitrogens with one attached hydrogen (secondary N) is 1. The average Bonchev–Trinajstić information content (AvgIpc) is 2.11. The summed E-state index contributed by atoms with van der Waals surface area (Å²) in [7, 11) is 6.29. The predicted octanol–water partition coefficient (Wildman–Crippen LogP) is 0.868. The summed E-state index contributed by atoms with van der Waals surface area (Å²) in [4.78, 5) is 4.79. The minimum atomic E-state index is 0.659. The van der Waals surface area contributed by atoms with E-state index in [-0.39, 0.29) is 0 Å². The van der Waals surface area contributed by atoms with E-state index in [0.717, 1.165) is 19.6 Å². The van der Waals surface area contributed by atoms with Gasteiger partial charge in [0.15, 0.2) is 0 Å². The van der Waals surface area contributed by atoms with E-state index < -0.39 is 0 Å². The van der Waals surface area contributed by atoms with Crippen LogP contribution in [0.2, 0.25) is 0 Å². The molecule has 0 saturated carbocycles. The van der Waals surface area contributed by atoms with Crippen LogP contribution in [0.25, 0.3) is 0 Å². The maximum Gasteiger partial charge on any atom is 0.0194 e. The molecule has 0 aromatic carbocycles. The zero-order valence-electron chi connectivity index (χ0n) is 10.5. The molecule has 0 rings (SSSR count). The number of nitrogens with zero attached hydrogens (tertiary/aromatic N) is 2. The highest BCUT2D eigenvalue weighted by Gasteiger charge is 2.11. The monoisotopic (exact) mass is 201 g/mol. The van der Waals surface area contributed by atoms with Gasteiger partial charge >= 0.3 is 0 Å². The van der Waals surface area contributed by atoms with Gasteiger partial charge in [-0.05, 0) is 54.1 Å². The molecule has 3 nitrogen and oxygen atoms in total. The topological polar surface area (TPSA) is 18.5 Å². The number of rotatable bonds is 8. The Labute approximate surface area is 89.5 Å². The molecule has 0 aliphatic carbocycles. The molecule has 0 heterocycles. The highest BCUT2D eigenvalue weighted by Crippen LogP contribution is 2.00. The van der Waals surface area contributed by atoms with Gasteiger partial charge in [0.05, 0.1) is 0 Å². The number of likely N-dealkylation sites (N-methyl/N-ethyl adjacent to an activating group) is 2. The van der Waals surface area contributed by atoms with Gasteiger partial charge in [-0.2, -0.15) is 0 Å². The maximum absolute atomic E-state index is 3.19. The van der Waals surface area contributed by atoms with E-state index in [1.807, 2.05) is 7.05 Å². The second kappa shape index (κ2) is 8.21. The van der Waals surface area contributed by atoms with Crippen LogP contribution in [0, 0.1) is 0 Å². The largest absolute Gasteiger partial charge is 0.320 e. The van der Waals surface area contributed by atoms with Crippen molar-refractivity contribution < 1.29 is 0 Å². The third-order valence-corrected chi connectivity index (χ3v) is 2.53. The van der Waals surface area contributed by atoms with Crippen LogP contribution < -0.4 is 5.32 Å². The standard InChI is InChI=1S/C11H27N3/c1-6-14(9-7-8-12-3)11(2)10-13(4)5/h11-12H,6-10H2,1-5H3. The normalized spacial score (nSPS) is 13.9. The molecular formula is C11H27N3. The smallest absolute Gasteiger partial charge is 0.0194 e. The van der Waals surface area contributed by atoms with Crippen molar-refractivity contribution >= 4 is 0 Å². The summed E-state index contributed by atoms with van der Waals surface area (Å²) in [6.45, 7) is 9.16. The Bertz CT molecular complexity index is 126. The Kier molecular flexibility index (Phi) is 8.14. The van der Waals surface area contributed by atoms with Crippen molar-refractivity contribution in [2.75, 3.05) is 47.3 Å². The molecule has 0 amide bonds. The molecule has 0 aliphatic rings. The van der Waals surface area contributed by atoms with E-state index in [0.29, 0.717) is 6.04 Å². The lowest BCUT2D eigenvalue weighted by molar-refractivity contribution is 0.180. The summed E-state index contributed by atoms with van der Waals surface area (Å²) < 4.78 is 0. The molecule has 3 heteroatoms. The van der Waals surface area contributed by atoms with Crippen LogP contribution in [0.5, 0.6) is 0 Å². The predicted molar refractivity (Wildman–Crippen MR) is 63.8 cm³/mol. The van der Waals surface area contributed by atoms with Crippen molar-refractivity contribution in [3.63, 3.8) is 0 Å². The fourth-order valence-corrected chi connectivity index (χ4v) is 1.79. The summed E-state index contributed by atoms with van der Waals surface area (Å²) >= 11 is 0. The van der Waals surface area contributed by atoms with Gasteiger partial charge in [-0.25, -0.2) is 0 Å². The maximum atomic E-state index is 3.19. The Hall–Kier alpha value is -0.120. The lowest BCUT2D eigenvalue weighted by Crippen LogP contribution is -2.41. The van der Waals surface area contributed by atoms with E-state index in [2.05, 4.69) is 43.1 Å². The molecule has 1 atom stereocenters. The number of hydrogen-bond acceptors (Lipinski definition) is 3. The van der Waals surface area contributed by atoms with Crippen molar-refractivity contribution in [2.45, 2.75) is 26.3 Å². The Balaban J connectivity index is 3.74. The molecule has 0 fully saturated rings. The van der Waals surface area contributed by atoms with Gasteiger partial charge in [0.1, 0.15) is 0 Å². The van der Waals surface area contributed by atoms with Gasteiger partial charge in [-0.1, -0.05) is 6.92 Å². The van der Waals surface area contributed by atoms with Crippen molar-refractivity contribution in [3.8, 4) is 0 Å². The fourth-order valence-electron chi connectivity index (χ4n) is 1.79. The number of hydrogen-bond donors (Lipinski definition) is 1. The Morgan fingerprint density at radius 3 is 2.36 bits per heavy atom. The van der Waals surface area contributed by atoms with E-state index in [4.69, 9.17) is 0 Å². The molecule has 0 aromatic rings. The quantitative estimate of drug-likeness (QED) is 0.588. The zero-order chi connectivity index (χ0) is 11.0. The van der Waals surface area contributed by atoms with E-state index in [9.17, 15) is 0 Å². The molecule has 0 bridgehead atoms. The summed E-state index contributed by atoms with van der Waals surface area (Å²) in [6, 6.07) is 0.659. The van der Waals surface area contributed by atoms with E-state index in [1.54, 1.807) is 0 Å². The SMILES string of the molecule is CCN(CCCNC)C(C)CN(C)C. The first-order chi connectivity index (χ1) is 6.61. The molecule has 0 aliphatic heterocycles. The average molecular weight is 201 g/mol. The van der Waals surface area contributed by atoms with Crippen LogP contribution in [-0.4, -0.2) is 63.2 Å². The lowest BCUT2D eigenvalue weighted by atomic mass is 10.2. The van der Waals surface area contributed by atoms with Gasteiger partial charge in [0.2, 0.25) is 0 Å². The zero-order valence-corrected chi connectivity index (χ0v) is 10.5. The summed E-state index contributed by atoms with van der Waals surface area (Å²) in [6.07, 6.45) is 1.24. The van der Waals surface area contributed by atoms with Crippen LogP contribution >= 0.6 is 0 Å². The van der Waals surface area contributed by atoms with Crippen LogP contribution in [0.1, 0.15) is 20.3 Å². The van der Waals surface area contributed by atoms with Crippen molar-refractivity contribution in [1.82, 2.24) is 15.1 Å². The van der Waals surface area contributed by atoms with E-state index >= 15 is 0 Å². The molecular weight excluding hydrogens is 174 g/mol. The molecule has 0 aromatic heterocycles. The van der Waals surface area contributed by atoms with E-state index in [1.165, 1.54) is 13.0 Å². The molecule has 0 saturated heterocycles. The fraction of sp³-hybridized carbons (Fsp3) is 1.00. The summed E-state index contributed by atoms with van der Waals surface area (Å²) in [5.74, 6) is 0. The molecule has 0 radical (unpaired) electrons. The van der Waals surface area contributed by atoms with Crippen LogP contribution in [0.4, 0.5) is 0 Å². The van der Waals surface area contributed by atoms with Crippen LogP contribution in [0.3, 0.4) is 0 Å². The minimum Gasteiger partial charge on any atom is -0.320 e. The third-order valence-electron chi connectivity index (χ3n) is 2.53. The summed E-state index contributed by atoms with van der Waals surface area (Å²) in [5.41, 5.74) is 0.